The normalized spacial score (nSPS) is 11.7. The first-order valence-electron chi connectivity index (χ1n) is 13.0. The van der Waals surface area contributed by atoms with Crippen molar-refractivity contribution >= 4 is 28.3 Å². The van der Waals surface area contributed by atoms with Gasteiger partial charge in [0.2, 0.25) is 5.91 Å². The lowest BCUT2D eigenvalue weighted by Crippen LogP contribution is -2.19. The molecule has 0 aliphatic carbocycles. The Kier molecular flexibility index (Phi) is 7.87. The van der Waals surface area contributed by atoms with Crippen LogP contribution in [0.15, 0.2) is 109 Å². The van der Waals surface area contributed by atoms with E-state index in [1.807, 2.05) is 60.7 Å². The molecule has 1 atom stereocenters. The summed E-state index contributed by atoms with van der Waals surface area (Å²) in [5.41, 5.74) is 4.28. The van der Waals surface area contributed by atoms with E-state index < -0.39 is 11.9 Å². The van der Waals surface area contributed by atoms with Crippen LogP contribution in [0.4, 0.5) is 10.1 Å². The number of fused-ring (bicyclic) bond motifs is 1. The van der Waals surface area contributed by atoms with E-state index in [-0.39, 0.29) is 18.3 Å². The van der Waals surface area contributed by atoms with Crippen LogP contribution < -0.4 is 10.1 Å². The van der Waals surface area contributed by atoms with Crippen molar-refractivity contribution in [1.82, 2.24) is 0 Å². The molecule has 0 aliphatic heterocycles. The van der Waals surface area contributed by atoms with Gasteiger partial charge in [-0.05, 0) is 65.3 Å². The van der Waals surface area contributed by atoms with Crippen LogP contribution in [0.1, 0.15) is 45.5 Å². The Morgan fingerprint density at radius 1 is 0.800 bits per heavy atom. The number of amides is 1. The maximum absolute atomic E-state index is 14.3. The van der Waals surface area contributed by atoms with Gasteiger partial charge >= 0.3 is 5.97 Å². The van der Waals surface area contributed by atoms with Crippen LogP contribution in [0.5, 0.6) is 5.75 Å². The van der Waals surface area contributed by atoms with Crippen LogP contribution in [-0.2, 0) is 17.8 Å². The van der Waals surface area contributed by atoms with E-state index in [0.29, 0.717) is 34.2 Å². The third-order valence-corrected chi connectivity index (χ3v) is 6.97. The minimum absolute atomic E-state index is 0.223. The number of nitrogens with one attached hydrogen (secondary N) is 1. The van der Waals surface area contributed by atoms with Gasteiger partial charge in [0.05, 0.1) is 17.2 Å². The Morgan fingerprint density at radius 3 is 2.23 bits per heavy atom. The number of hydrogen-bond acceptors (Lipinski definition) is 3. The summed E-state index contributed by atoms with van der Waals surface area (Å²) in [4.78, 5) is 24.7. The molecule has 0 radical (unpaired) electrons. The van der Waals surface area contributed by atoms with Gasteiger partial charge in [0.1, 0.15) is 18.2 Å². The molecular weight excluding hydrogens is 505 g/mol. The number of para-hydroxylation sites is 2. The summed E-state index contributed by atoms with van der Waals surface area (Å²) in [6, 6.07) is 32.2. The highest BCUT2D eigenvalue weighted by molar-refractivity contribution is 6.00. The van der Waals surface area contributed by atoms with Crippen molar-refractivity contribution in [3.63, 3.8) is 0 Å². The summed E-state index contributed by atoms with van der Waals surface area (Å²) in [5, 5.41) is 13.6. The highest BCUT2D eigenvalue weighted by Gasteiger charge is 2.20. The summed E-state index contributed by atoms with van der Waals surface area (Å²) in [7, 11) is 0. The molecule has 5 nitrogen and oxygen atoms in total. The smallest absolute Gasteiger partial charge is 0.335 e. The highest BCUT2D eigenvalue weighted by Crippen LogP contribution is 2.30. The predicted molar refractivity (Wildman–Crippen MR) is 154 cm³/mol. The van der Waals surface area contributed by atoms with Crippen molar-refractivity contribution in [3.05, 3.63) is 143 Å². The minimum Gasteiger partial charge on any atom is -0.487 e. The van der Waals surface area contributed by atoms with Crippen molar-refractivity contribution in [1.29, 1.82) is 0 Å². The van der Waals surface area contributed by atoms with Gasteiger partial charge in [-0.3, -0.25) is 4.79 Å². The van der Waals surface area contributed by atoms with E-state index in [0.717, 1.165) is 22.3 Å². The second-order valence-corrected chi connectivity index (χ2v) is 9.63. The van der Waals surface area contributed by atoms with Crippen LogP contribution >= 0.6 is 0 Å². The summed E-state index contributed by atoms with van der Waals surface area (Å²) in [6.45, 7) is 2.09. The molecule has 0 fully saturated rings. The molecule has 5 rings (SSSR count). The summed E-state index contributed by atoms with van der Waals surface area (Å²) in [5.74, 6) is -1.46. The molecule has 0 saturated heterocycles. The van der Waals surface area contributed by atoms with E-state index in [1.54, 1.807) is 49.4 Å². The second kappa shape index (κ2) is 11.8. The molecule has 5 aromatic carbocycles. The van der Waals surface area contributed by atoms with Gasteiger partial charge < -0.3 is 15.2 Å². The number of carboxylic acids is 1. The van der Waals surface area contributed by atoms with Crippen LogP contribution in [-0.4, -0.2) is 17.0 Å². The van der Waals surface area contributed by atoms with Crippen LogP contribution in [0, 0.1) is 5.82 Å². The average Bonchev–Trinajstić information content (AvgIpc) is 2.97. The third-order valence-electron chi connectivity index (χ3n) is 6.97. The molecule has 6 heteroatoms. The van der Waals surface area contributed by atoms with Crippen molar-refractivity contribution in [2.75, 3.05) is 5.32 Å². The van der Waals surface area contributed by atoms with Crippen LogP contribution in [0.25, 0.3) is 10.8 Å². The first-order chi connectivity index (χ1) is 19.4. The third kappa shape index (κ3) is 5.86. The number of benzene rings is 5. The van der Waals surface area contributed by atoms with Gasteiger partial charge in [-0.1, -0.05) is 84.9 Å². The largest absolute Gasteiger partial charge is 0.487 e. The molecule has 0 saturated carbocycles. The first kappa shape index (κ1) is 26.6. The number of carboxylic acid groups (broad SMARTS) is 1. The zero-order chi connectivity index (χ0) is 28.1. The fraction of sp³-hybridized carbons (Fsp3) is 0.118. The molecule has 2 N–H and O–H groups in total. The zero-order valence-electron chi connectivity index (χ0n) is 21.9. The number of halogens is 1. The van der Waals surface area contributed by atoms with E-state index in [4.69, 9.17) is 4.74 Å². The maximum atomic E-state index is 14.3. The number of hydrogen-bond donors (Lipinski definition) is 2. The van der Waals surface area contributed by atoms with Crippen molar-refractivity contribution in [2.24, 2.45) is 0 Å². The molecule has 0 aromatic heterocycles. The Balaban J connectivity index is 1.25. The molecule has 0 heterocycles. The van der Waals surface area contributed by atoms with Crippen molar-refractivity contribution in [3.8, 4) is 5.75 Å². The molecular formula is C34H28FNO4. The van der Waals surface area contributed by atoms with Crippen LogP contribution in [0.2, 0.25) is 0 Å². The van der Waals surface area contributed by atoms with Gasteiger partial charge in [-0.2, -0.15) is 0 Å². The molecule has 1 unspecified atom stereocenters. The quantitative estimate of drug-likeness (QED) is 0.205. The van der Waals surface area contributed by atoms with Gasteiger partial charge in [-0.15, -0.1) is 0 Å². The molecule has 5 aromatic rings. The number of ether oxygens (including phenoxy) is 1. The van der Waals surface area contributed by atoms with E-state index in [2.05, 4.69) is 5.32 Å². The lowest BCUT2D eigenvalue weighted by Gasteiger charge is -2.17. The average molecular weight is 534 g/mol. The topological polar surface area (TPSA) is 75.6 Å². The summed E-state index contributed by atoms with van der Waals surface area (Å²) >= 11 is 0. The molecule has 40 heavy (non-hydrogen) atoms. The number of carbonyl (C=O) groups is 2. The second-order valence-electron chi connectivity index (χ2n) is 9.63. The molecule has 0 bridgehead atoms. The van der Waals surface area contributed by atoms with Crippen molar-refractivity contribution < 1.29 is 23.8 Å². The Morgan fingerprint density at radius 2 is 1.45 bits per heavy atom. The molecule has 0 aliphatic rings. The van der Waals surface area contributed by atoms with Gasteiger partial charge in [0.15, 0.2) is 0 Å². The number of carbonyl (C=O) groups excluding carboxylic acids is 1. The molecule has 1 amide bonds. The van der Waals surface area contributed by atoms with Crippen molar-refractivity contribution in [2.45, 2.75) is 25.9 Å². The standard InChI is InChI=1S/C34H28FNO4/c1-22(26-18-19-30(35)29-11-5-4-10-28(26)29)33(37)36-31-12-6-7-13-32(31)40-21-24-16-14-23(15-17-24)20-25-8-2-3-9-27(25)34(38)39/h2-19,22H,20-21H2,1H3,(H,36,37)(H,38,39). The van der Waals surface area contributed by atoms with Gasteiger partial charge in [0.25, 0.3) is 0 Å². The fourth-order valence-electron chi connectivity index (χ4n) is 4.76. The SMILES string of the molecule is CC(C(=O)Nc1ccccc1OCc1ccc(Cc2ccccc2C(=O)O)cc1)c1ccc(F)c2ccccc12. The predicted octanol–water partition coefficient (Wildman–Crippen LogP) is 7.59. The Bertz CT molecular complexity index is 1680. The van der Waals surface area contributed by atoms with E-state index in [1.165, 1.54) is 6.07 Å². The summed E-state index contributed by atoms with van der Waals surface area (Å²) < 4.78 is 20.3. The maximum Gasteiger partial charge on any atom is 0.335 e. The lowest BCUT2D eigenvalue weighted by atomic mass is 9.94. The van der Waals surface area contributed by atoms with Gasteiger partial charge in [0, 0.05) is 5.39 Å². The Labute approximate surface area is 231 Å². The summed E-state index contributed by atoms with van der Waals surface area (Å²) in [6.07, 6.45) is 0.514. The zero-order valence-corrected chi connectivity index (χ0v) is 21.9. The number of anilines is 1. The Hall–Kier alpha value is -4.97. The first-order valence-corrected chi connectivity index (χ1v) is 13.0. The number of rotatable bonds is 9. The molecule has 0 spiro atoms. The number of aromatic carboxylic acids is 1. The highest BCUT2D eigenvalue weighted by atomic mass is 19.1. The van der Waals surface area contributed by atoms with Crippen LogP contribution in [0.3, 0.4) is 0 Å². The monoisotopic (exact) mass is 533 g/mol. The van der Waals surface area contributed by atoms with Gasteiger partial charge in [-0.25, -0.2) is 9.18 Å². The van der Waals surface area contributed by atoms with E-state index >= 15 is 0 Å². The lowest BCUT2D eigenvalue weighted by molar-refractivity contribution is -0.117. The minimum atomic E-state index is -0.938. The van der Waals surface area contributed by atoms with E-state index in [9.17, 15) is 19.1 Å². The fourth-order valence-corrected chi connectivity index (χ4v) is 4.76. The molecule has 200 valence electrons.